The van der Waals surface area contributed by atoms with Crippen LogP contribution in [0.25, 0.3) is 11.8 Å². The van der Waals surface area contributed by atoms with Crippen LogP contribution in [0, 0.1) is 11.2 Å². The molecule has 7 heteroatoms. The van der Waals surface area contributed by atoms with Crippen LogP contribution in [0.5, 0.6) is 0 Å². The number of rotatable bonds is 7. The lowest BCUT2D eigenvalue weighted by atomic mass is 9.65. The van der Waals surface area contributed by atoms with Crippen LogP contribution in [0.2, 0.25) is 0 Å². The van der Waals surface area contributed by atoms with Crippen molar-refractivity contribution in [3.05, 3.63) is 88.5 Å². The van der Waals surface area contributed by atoms with Crippen molar-refractivity contribution in [2.45, 2.75) is 63.6 Å². The fourth-order valence-corrected chi connectivity index (χ4v) is 6.10. The van der Waals surface area contributed by atoms with E-state index < -0.39 is 22.5 Å². The van der Waals surface area contributed by atoms with Crippen LogP contribution in [-0.2, 0) is 23.2 Å². The smallest absolute Gasteiger partial charge is 0.254 e. The molecule has 4 N–H and O–H groups in total. The van der Waals surface area contributed by atoms with Crippen molar-refractivity contribution >= 4 is 12.0 Å². The van der Waals surface area contributed by atoms with E-state index in [9.17, 15) is 19.4 Å². The molecule has 1 fully saturated rings. The second-order valence-corrected chi connectivity index (χ2v) is 10.4. The van der Waals surface area contributed by atoms with Gasteiger partial charge in [0.05, 0.1) is 23.2 Å². The zero-order chi connectivity index (χ0) is 25.7. The first-order chi connectivity index (χ1) is 17.1. The maximum atomic E-state index is 13.4. The van der Waals surface area contributed by atoms with E-state index in [1.807, 2.05) is 23.0 Å². The van der Waals surface area contributed by atoms with E-state index in [0.717, 1.165) is 28.9 Å². The van der Waals surface area contributed by atoms with Gasteiger partial charge in [0.15, 0.2) is 5.60 Å². The van der Waals surface area contributed by atoms with Crippen LogP contribution in [-0.4, -0.2) is 31.5 Å². The fourth-order valence-electron chi connectivity index (χ4n) is 6.10. The highest BCUT2D eigenvalue weighted by molar-refractivity contribution is 5.85. The molecule has 3 aromatic rings. The Labute approximate surface area is 210 Å². The number of aromatic nitrogens is 2. The first kappa shape index (κ1) is 24.4. The Hall–Kier alpha value is -3.29. The number of hydrogen-bond donors (Lipinski definition) is 3. The third kappa shape index (κ3) is 3.69. The van der Waals surface area contributed by atoms with Crippen molar-refractivity contribution in [3.63, 3.8) is 0 Å². The Balaban J connectivity index is 1.43. The maximum absolute atomic E-state index is 13.4. The van der Waals surface area contributed by atoms with Crippen molar-refractivity contribution in [1.82, 2.24) is 9.78 Å². The highest BCUT2D eigenvalue weighted by Gasteiger charge is 2.55. The van der Waals surface area contributed by atoms with Gasteiger partial charge in [0, 0.05) is 5.41 Å². The highest BCUT2D eigenvalue weighted by Crippen LogP contribution is 2.57. The molecule has 2 aliphatic carbocycles. The van der Waals surface area contributed by atoms with Crippen LogP contribution in [0.15, 0.2) is 60.3 Å². The lowest BCUT2D eigenvalue weighted by molar-refractivity contribution is -0.137. The van der Waals surface area contributed by atoms with Crippen molar-refractivity contribution in [2.75, 3.05) is 0 Å². The molecule has 1 unspecified atom stereocenters. The molecule has 36 heavy (non-hydrogen) atoms. The molecule has 5 rings (SSSR count). The fraction of sp³-hybridized carbons (Fsp3) is 0.379. The van der Waals surface area contributed by atoms with Gasteiger partial charge < -0.3 is 15.9 Å². The molecule has 0 spiro atoms. The monoisotopic (exact) mass is 489 g/mol. The normalized spacial score (nSPS) is 24.5. The standard InChI is InChI=1S/C29H32FN3O3/c1-3-29(36,26(31)34)24-7-5-4-6-19(24)12-14-28(35)15-13-21-16-25-20(17-27(21,28)2)18-32-33(25)23-10-8-22(30)9-11-23/h4-11,16,18,35-36H,3,12-15,17H2,1-2H3,(H2,31,34)/t27-,28-,29?/m0/s1. The minimum absolute atomic E-state index is 0.176. The number of carbonyl (C=O) groups is 1. The van der Waals surface area contributed by atoms with Gasteiger partial charge in [0.2, 0.25) is 0 Å². The molecule has 0 radical (unpaired) electrons. The number of fused-ring (bicyclic) bond motifs is 2. The minimum Gasteiger partial charge on any atom is -0.389 e. The molecule has 0 aliphatic heterocycles. The topological polar surface area (TPSA) is 101 Å². The summed E-state index contributed by atoms with van der Waals surface area (Å²) in [5.41, 5.74) is 7.71. The van der Waals surface area contributed by atoms with Gasteiger partial charge in [-0.2, -0.15) is 5.10 Å². The number of benzene rings is 2. The SMILES string of the molecule is CCC(O)(C(N)=O)c1ccccc1CC[C@]1(O)CCC2=Cc3c(cnn3-c3ccc(F)cc3)C[C@@]21C. The summed E-state index contributed by atoms with van der Waals surface area (Å²) in [6.45, 7) is 3.84. The first-order valence-corrected chi connectivity index (χ1v) is 12.5. The number of aliphatic hydroxyl groups is 2. The zero-order valence-electron chi connectivity index (χ0n) is 20.7. The van der Waals surface area contributed by atoms with Crippen molar-refractivity contribution in [1.29, 1.82) is 0 Å². The molecule has 2 aliphatic rings. The Morgan fingerprint density at radius 3 is 2.64 bits per heavy atom. The van der Waals surface area contributed by atoms with Crippen LogP contribution in [0.3, 0.4) is 0 Å². The van der Waals surface area contributed by atoms with Crippen LogP contribution < -0.4 is 5.73 Å². The van der Waals surface area contributed by atoms with E-state index in [2.05, 4.69) is 18.1 Å². The van der Waals surface area contributed by atoms with Crippen molar-refractivity contribution < 1.29 is 19.4 Å². The Bertz CT molecular complexity index is 1350. The highest BCUT2D eigenvalue weighted by atomic mass is 19.1. The number of hydrogen-bond acceptors (Lipinski definition) is 4. The van der Waals surface area contributed by atoms with E-state index in [1.54, 1.807) is 31.2 Å². The molecule has 188 valence electrons. The van der Waals surface area contributed by atoms with E-state index >= 15 is 0 Å². The van der Waals surface area contributed by atoms with Gasteiger partial charge in [-0.25, -0.2) is 9.07 Å². The summed E-state index contributed by atoms with van der Waals surface area (Å²) in [5, 5.41) is 27.5. The van der Waals surface area contributed by atoms with Crippen LogP contribution in [0.4, 0.5) is 4.39 Å². The summed E-state index contributed by atoms with van der Waals surface area (Å²) in [6.07, 6.45) is 7.17. The molecule has 1 aromatic heterocycles. The predicted molar refractivity (Wildman–Crippen MR) is 136 cm³/mol. The first-order valence-electron chi connectivity index (χ1n) is 12.5. The largest absolute Gasteiger partial charge is 0.389 e. The van der Waals surface area contributed by atoms with E-state index in [-0.39, 0.29) is 12.2 Å². The van der Waals surface area contributed by atoms with E-state index in [4.69, 9.17) is 5.73 Å². The number of halogens is 1. The average Bonchev–Trinajstić information content (AvgIpc) is 3.39. The van der Waals surface area contributed by atoms with E-state index in [1.165, 1.54) is 17.7 Å². The second-order valence-electron chi connectivity index (χ2n) is 10.4. The summed E-state index contributed by atoms with van der Waals surface area (Å²) in [5.74, 6) is -1.06. The number of primary amides is 1. The number of carbonyl (C=O) groups excluding carboxylic acids is 1. The number of amides is 1. The molecule has 2 aromatic carbocycles. The van der Waals surface area contributed by atoms with Gasteiger partial charge in [0.1, 0.15) is 5.82 Å². The Morgan fingerprint density at radius 2 is 1.94 bits per heavy atom. The van der Waals surface area contributed by atoms with Gasteiger partial charge in [-0.15, -0.1) is 0 Å². The molecule has 3 atom stereocenters. The molecule has 1 saturated carbocycles. The summed E-state index contributed by atoms with van der Waals surface area (Å²) >= 11 is 0. The third-order valence-corrected chi connectivity index (χ3v) is 8.55. The molecule has 0 bridgehead atoms. The van der Waals surface area contributed by atoms with Gasteiger partial charge in [-0.3, -0.25) is 4.79 Å². The lowest BCUT2D eigenvalue weighted by Gasteiger charge is -2.42. The molecule has 1 amide bonds. The van der Waals surface area contributed by atoms with Gasteiger partial charge in [-0.1, -0.05) is 43.7 Å². The quantitative estimate of drug-likeness (QED) is 0.463. The van der Waals surface area contributed by atoms with Crippen LogP contribution >= 0.6 is 0 Å². The average molecular weight is 490 g/mol. The van der Waals surface area contributed by atoms with Crippen molar-refractivity contribution in [2.24, 2.45) is 11.1 Å². The molecular weight excluding hydrogens is 457 g/mol. The van der Waals surface area contributed by atoms with Crippen LogP contribution in [0.1, 0.15) is 61.9 Å². The number of nitrogens with zero attached hydrogens (tertiary/aromatic N) is 2. The molecule has 0 saturated heterocycles. The lowest BCUT2D eigenvalue weighted by Crippen LogP contribution is -2.46. The Kier molecular flexibility index (Phi) is 5.88. The molecule has 1 heterocycles. The minimum atomic E-state index is -1.74. The maximum Gasteiger partial charge on any atom is 0.254 e. The van der Waals surface area contributed by atoms with Gasteiger partial charge in [-0.05, 0) is 85.6 Å². The number of nitrogens with two attached hydrogens (primary N) is 1. The summed E-state index contributed by atoms with van der Waals surface area (Å²) < 4.78 is 15.2. The summed E-state index contributed by atoms with van der Waals surface area (Å²) in [6, 6.07) is 13.6. The van der Waals surface area contributed by atoms with Gasteiger partial charge >= 0.3 is 0 Å². The van der Waals surface area contributed by atoms with E-state index in [0.29, 0.717) is 31.2 Å². The summed E-state index contributed by atoms with van der Waals surface area (Å²) in [4.78, 5) is 12.1. The third-order valence-electron chi connectivity index (χ3n) is 8.55. The number of aryl methyl sites for hydroxylation is 1. The second kappa shape index (κ2) is 8.68. The van der Waals surface area contributed by atoms with Gasteiger partial charge in [0.25, 0.3) is 5.91 Å². The Morgan fingerprint density at radius 1 is 1.22 bits per heavy atom. The summed E-state index contributed by atoms with van der Waals surface area (Å²) in [7, 11) is 0. The molecular formula is C29H32FN3O3. The van der Waals surface area contributed by atoms with Crippen molar-refractivity contribution in [3.8, 4) is 5.69 Å². The molecule has 6 nitrogen and oxygen atoms in total. The zero-order valence-corrected chi connectivity index (χ0v) is 20.7. The predicted octanol–water partition coefficient (Wildman–Crippen LogP) is 4.20.